The minimum Gasteiger partial charge on any atom is -0.384 e. The van der Waals surface area contributed by atoms with E-state index in [-0.39, 0.29) is 0 Å². The van der Waals surface area contributed by atoms with E-state index in [1.807, 2.05) is 19.1 Å². The number of hydrogen-bond donors (Lipinski definition) is 2. The van der Waals surface area contributed by atoms with Gasteiger partial charge < -0.3 is 5.32 Å². The fourth-order valence-electron chi connectivity index (χ4n) is 1.10. The average Bonchev–Trinajstić information content (AvgIpc) is 2.11. The Balaban J connectivity index is 2.32. The maximum Gasteiger partial charge on any atom is 0.208 e. The molecule has 1 rings (SSSR count). The van der Waals surface area contributed by atoms with Gasteiger partial charge in [-0.2, -0.15) is 0 Å². The molecule has 1 aromatic heterocycles. The van der Waals surface area contributed by atoms with Gasteiger partial charge in [0.15, 0.2) is 0 Å². The first-order chi connectivity index (χ1) is 6.97. The van der Waals surface area contributed by atoms with E-state index in [0.29, 0.717) is 13.1 Å². The molecule has 6 heteroatoms. The van der Waals surface area contributed by atoms with Crippen LogP contribution in [0.1, 0.15) is 5.69 Å². The van der Waals surface area contributed by atoms with Crippen LogP contribution in [0.5, 0.6) is 0 Å². The van der Waals surface area contributed by atoms with Crippen LogP contribution in [-0.4, -0.2) is 32.7 Å². The molecule has 1 aromatic rings. The number of sulfonamides is 1. The first kappa shape index (κ1) is 11.9. The highest BCUT2D eigenvalue weighted by atomic mass is 32.2. The van der Waals surface area contributed by atoms with Gasteiger partial charge >= 0.3 is 0 Å². The zero-order valence-corrected chi connectivity index (χ0v) is 9.63. The molecule has 0 spiro atoms. The second-order valence-electron chi connectivity index (χ2n) is 3.28. The highest BCUT2D eigenvalue weighted by molar-refractivity contribution is 7.88. The molecule has 2 N–H and O–H groups in total. The topological polar surface area (TPSA) is 71.1 Å². The summed E-state index contributed by atoms with van der Waals surface area (Å²) in [5.41, 5.74) is 1.87. The van der Waals surface area contributed by atoms with E-state index in [1.165, 1.54) is 0 Å². The van der Waals surface area contributed by atoms with Crippen LogP contribution in [-0.2, 0) is 10.0 Å². The first-order valence-electron chi connectivity index (χ1n) is 4.58. The van der Waals surface area contributed by atoms with Crippen molar-refractivity contribution in [2.45, 2.75) is 6.92 Å². The zero-order chi connectivity index (χ0) is 11.3. The van der Waals surface area contributed by atoms with E-state index in [2.05, 4.69) is 15.0 Å². The normalized spacial score (nSPS) is 11.3. The van der Waals surface area contributed by atoms with E-state index >= 15 is 0 Å². The van der Waals surface area contributed by atoms with Crippen molar-refractivity contribution in [1.29, 1.82) is 0 Å². The van der Waals surface area contributed by atoms with Gasteiger partial charge in [0.2, 0.25) is 10.0 Å². The molecule has 0 aromatic carbocycles. The summed E-state index contributed by atoms with van der Waals surface area (Å²) in [6.07, 6.45) is 2.85. The lowest BCUT2D eigenvalue weighted by Crippen LogP contribution is -2.27. The van der Waals surface area contributed by atoms with Gasteiger partial charge in [-0.3, -0.25) is 4.98 Å². The van der Waals surface area contributed by atoms with Gasteiger partial charge in [-0.25, -0.2) is 13.1 Å². The lowest BCUT2D eigenvalue weighted by Gasteiger charge is -2.06. The van der Waals surface area contributed by atoms with E-state index in [0.717, 1.165) is 17.6 Å². The van der Waals surface area contributed by atoms with Crippen molar-refractivity contribution in [2.75, 3.05) is 24.7 Å². The predicted molar refractivity (Wildman–Crippen MR) is 60.3 cm³/mol. The average molecular weight is 229 g/mol. The van der Waals surface area contributed by atoms with Crippen LogP contribution in [0.15, 0.2) is 18.3 Å². The zero-order valence-electron chi connectivity index (χ0n) is 8.82. The Hall–Kier alpha value is -1.14. The third kappa shape index (κ3) is 5.34. The largest absolute Gasteiger partial charge is 0.384 e. The highest BCUT2D eigenvalue weighted by Crippen LogP contribution is 2.05. The third-order valence-corrected chi connectivity index (χ3v) is 2.44. The number of hydrogen-bond acceptors (Lipinski definition) is 4. The SMILES string of the molecule is Cc1cc(NCCNS(C)(=O)=O)ccn1. The Kier molecular flexibility index (Phi) is 4.05. The quantitative estimate of drug-likeness (QED) is 0.715. The molecule has 0 atom stereocenters. The minimum absolute atomic E-state index is 0.375. The van der Waals surface area contributed by atoms with Crippen LogP contribution in [0.25, 0.3) is 0 Å². The van der Waals surface area contributed by atoms with Crippen molar-refractivity contribution in [3.63, 3.8) is 0 Å². The lowest BCUT2D eigenvalue weighted by molar-refractivity contribution is 0.589. The molecule has 1 heterocycles. The van der Waals surface area contributed by atoms with E-state index < -0.39 is 10.0 Å². The maximum atomic E-state index is 10.7. The van der Waals surface area contributed by atoms with Crippen LogP contribution >= 0.6 is 0 Å². The molecule has 0 unspecified atom stereocenters. The molecule has 15 heavy (non-hydrogen) atoms. The van der Waals surface area contributed by atoms with Gasteiger partial charge in [0.1, 0.15) is 0 Å². The van der Waals surface area contributed by atoms with Crippen molar-refractivity contribution < 1.29 is 8.42 Å². The van der Waals surface area contributed by atoms with Gasteiger partial charge in [-0.1, -0.05) is 0 Å². The van der Waals surface area contributed by atoms with Crippen molar-refractivity contribution in [3.05, 3.63) is 24.0 Å². The van der Waals surface area contributed by atoms with Gasteiger partial charge in [0, 0.05) is 30.7 Å². The van der Waals surface area contributed by atoms with Gasteiger partial charge in [-0.05, 0) is 19.1 Å². The fourth-order valence-corrected chi connectivity index (χ4v) is 1.57. The molecule has 0 aliphatic rings. The number of nitrogens with zero attached hydrogens (tertiary/aromatic N) is 1. The van der Waals surface area contributed by atoms with E-state index in [9.17, 15) is 8.42 Å². The molecular formula is C9H15N3O2S. The molecule has 0 aliphatic heterocycles. The fraction of sp³-hybridized carbons (Fsp3) is 0.444. The van der Waals surface area contributed by atoms with Crippen LogP contribution < -0.4 is 10.0 Å². The number of aromatic nitrogens is 1. The van der Waals surface area contributed by atoms with E-state index in [1.54, 1.807) is 6.20 Å². The maximum absolute atomic E-state index is 10.7. The van der Waals surface area contributed by atoms with Gasteiger partial charge in [0.25, 0.3) is 0 Å². The molecule has 0 amide bonds. The number of nitrogens with one attached hydrogen (secondary N) is 2. The Morgan fingerprint density at radius 3 is 2.73 bits per heavy atom. The number of aryl methyl sites for hydroxylation is 1. The second-order valence-corrected chi connectivity index (χ2v) is 5.11. The molecule has 0 saturated carbocycles. The molecule has 0 aliphatic carbocycles. The van der Waals surface area contributed by atoms with E-state index in [4.69, 9.17) is 0 Å². The summed E-state index contributed by atoms with van der Waals surface area (Å²) in [5, 5.41) is 3.09. The Morgan fingerprint density at radius 2 is 2.13 bits per heavy atom. The molecule has 0 radical (unpaired) electrons. The molecular weight excluding hydrogens is 214 g/mol. The highest BCUT2D eigenvalue weighted by Gasteiger charge is 1.98. The molecule has 5 nitrogen and oxygen atoms in total. The van der Waals surface area contributed by atoms with Crippen molar-refractivity contribution in [1.82, 2.24) is 9.71 Å². The lowest BCUT2D eigenvalue weighted by atomic mass is 10.3. The monoisotopic (exact) mass is 229 g/mol. The van der Waals surface area contributed by atoms with Crippen molar-refractivity contribution in [3.8, 4) is 0 Å². The number of anilines is 1. The van der Waals surface area contributed by atoms with Crippen LogP contribution in [0.4, 0.5) is 5.69 Å². The summed E-state index contributed by atoms with van der Waals surface area (Å²) in [6.45, 7) is 2.83. The third-order valence-electron chi connectivity index (χ3n) is 1.72. The van der Waals surface area contributed by atoms with Crippen LogP contribution in [0, 0.1) is 6.92 Å². The Labute approximate surface area is 90.0 Å². The van der Waals surface area contributed by atoms with Crippen LogP contribution in [0.3, 0.4) is 0 Å². The molecule has 0 bridgehead atoms. The summed E-state index contributed by atoms with van der Waals surface area (Å²) < 4.78 is 23.9. The smallest absolute Gasteiger partial charge is 0.208 e. The summed E-state index contributed by atoms with van der Waals surface area (Å²) in [5.74, 6) is 0. The molecule has 0 saturated heterocycles. The minimum atomic E-state index is -3.09. The summed E-state index contributed by atoms with van der Waals surface area (Å²) in [6, 6.07) is 3.74. The number of rotatable bonds is 5. The molecule has 84 valence electrons. The Morgan fingerprint density at radius 1 is 1.40 bits per heavy atom. The summed E-state index contributed by atoms with van der Waals surface area (Å²) >= 11 is 0. The van der Waals surface area contributed by atoms with Gasteiger partial charge in [-0.15, -0.1) is 0 Å². The van der Waals surface area contributed by atoms with Gasteiger partial charge in [0.05, 0.1) is 6.26 Å². The summed E-state index contributed by atoms with van der Waals surface area (Å²) in [7, 11) is -3.09. The second kappa shape index (κ2) is 5.09. The molecule has 0 fully saturated rings. The number of pyridine rings is 1. The van der Waals surface area contributed by atoms with Crippen molar-refractivity contribution >= 4 is 15.7 Å². The Bertz CT molecular complexity index is 417. The first-order valence-corrected chi connectivity index (χ1v) is 6.48. The summed E-state index contributed by atoms with van der Waals surface area (Å²) in [4.78, 5) is 4.06. The van der Waals surface area contributed by atoms with Crippen molar-refractivity contribution in [2.24, 2.45) is 0 Å². The van der Waals surface area contributed by atoms with Crippen LogP contribution in [0.2, 0.25) is 0 Å². The standard InChI is InChI=1S/C9H15N3O2S/c1-8-7-9(3-4-10-8)11-5-6-12-15(2,13)14/h3-4,7,12H,5-6H2,1-2H3,(H,10,11). The predicted octanol–water partition coefficient (Wildman–Crippen LogP) is 0.351.